The summed E-state index contributed by atoms with van der Waals surface area (Å²) >= 11 is 0. The molecule has 0 bridgehead atoms. The predicted molar refractivity (Wildman–Crippen MR) is 59.0 cm³/mol. The summed E-state index contributed by atoms with van der Waals surface area (Å²) in [7, 11) is 0. The third-order valence-corrected chi connectivity index (χ3v) is 2.67. The second kappa shape index (κ2) is 7.60. The van der Waals surface area contributed by atoms with E-state index in [4.69, 9.17) is 20.3 Å². The molecule has 0 aromatic carbocycles. The van der Waals surface area contributed by atoms with Gasteiger partial charge in [-0.05, 0) is 38.5 Å². The number of carboxylic acid groups (broad SMARTS) is 1. The summed E-state index contributed by atoms with van der Waals surface area (Å²) in [4.78, 5) is 10.4. The van der Waals surface area contributed by atoms with Crippen molar-refractivity contribution in [1.82, 2.24) is 0 Å². The maximum absolute atomic E-state index is 10.4. The van der Waals surface area contributed by atoms with Gasteiger partial charge < -0.3 is 20.3 Å². The molecule has 16 heavy (non-hydrogen) atoms. The van der Waals surface area contributed by atoms with E-state index < -0.39 is 12.0 Å². The predicted octanol–water partition coefficient (Wildman–Crippen LogP) is 1.11. The third-order valence-electron chi connectivity index (χ3n) is 2.67. The van der Waals surface area contributed by atoms with E-state index in [-0.39, 0.29) is 6.29 Å². The number of unbranched alkanes of at least 4 members (excludes halogenated alkanes) is 1. The number of aliphatic carboxylic acids is 1. The molecule has 2 atom stereocenters. The van der Waals surface area contributed by atoms with Crippen LogP contribution in [0.25, 0.3) is 0 Å². The van der Waals surface area contributed by atoms with Crippen LogP contribution in [0, 0.1) is 0 Å². The minimum atomic E-state index is -0.934. The lowest BCUT2D eigenvalue weighted by Crippen LogP contribution is -2.29. The third kappa shape index (κ3) is 5.44. The number of nitrogens with two attached hydrogens (primary N) is 1. The molecular formula is C11H21NO4. The lowest BCUT2D eigenvalue weighted by atomic mass is 10.1. The normalized spacial score (nSPS) is 22.9. The lowest BCUT2D eigenvalue weighted by molar-refractivity contribution is -0.163. The van der Waals surface area contributed by atoms with Crippen molar-refractivity contribution in [3.8, 4) is 0 Å². The number of hydrogen-bond donors (Lipinski definition) is 2. The van der Waals surface area contributed by atoms with Gasteiger partial charge in [0.2, 0.25) is 0 Å². The van der Waals surface area contributed by atoms with Crippen LogP contribution in [0.15, 0.2) is 0 Å². The highest BCUT2D eigenvalue weighted by atomic mass is 16.7. The molecule has 5 nitrogen and oxygen atoms in total. The first-order valence-electron chi connectivity index (χ1n) is 5.91. The molecule has 2 unspecified atom stereocenters. The van der Waals surface area contributed by atoms with E-state index in [0.717, 1.165) is 38.7 Å². The van der Waals surface area contributed by atoms with Crippen LogP contribution in [0.3, 0.4) is 0 Å². The van der Waals surface area contributed by atoms with E-state index in [1.807, 2.05) is 0 Å². The molecule has 0 spiro atoms. The zero-order valence-electron chi connectivity index (χ0n) is 9.56. The maximum Gasteiger partial charge on any atom is 0.320 e. The number of carbonyl (C=O) groups is 1. The first-order valence-corrected chi connectivity index (χ1v) is 5.91. The summed E-state index contributed by atoms with van der Waals surface area (Å²) < 4.78 is 10.9. The smallest absolute Gasteiger partial charge is 0.320 e. The van der Waals surface area contributed by atoms with Crippen molar-refractivity contribution in [1.29, 1.82) is 0 Å². The molecule has 5 heteroatoms. The van der Waals surface area contributed by atoms with Gasteiger partial charge in [0.25, 0.3) is 0 Å². The minimum Gasteiger partial charge on any atom is -0.480 e. The van der Waals surface area contributed by atoms with Crippen molar-refractivity contribution in [3.05, 3.63) is 0 Å². The Morgan fingerprint density at radius 1 is 1.50 bits per heavy atom. The first-order chi connectivity index (χ1) is 7.70. The average Bonchev–Trinajstić information content (AvgIpc) is 2.29. The largest absolute Gasteiger partial charge is 0.480 e. The van der Waals surface area contributed by atoms with Crippen LogP contribution in [-0.2, 0) is 14.3 Å². The standard InChI is InChI=1S/C11H21NO4/c12-9(11(13)14)5-1-3-7-15-10-6-2-4-8-16-10/h9-10H,1-8,12H2,(H,13,14). The van der Waals surface area contributed by atoms with E-state index in [2.05, 4.69) is 0 Å². The summed E-state index contributed by atoms with van der Waals surface area (Å²) in [6, 6.07) is -0.745. The minimum absolute atomic E-state index is 0.0538. The Kier molecular flexibility index (Phi) is 6.37. The lowest BCUT2D eigenvalue weighted by Gasteiger charge is -2.22. The molecule has 3 N–H and O–H groups in total. The van der Waals surface area contributed by atoms with Crippen molar-refractivity contribution < 1.29 is 19.4 Å². The van der Waals surface area contributed by atoms with Crippen LogP contribution < -0.4 is 5.73 Å². The van der Waals surface area contributed by atoms with Crippen LogP contribution in [-0.4, -0.2) is 36.6 Å². The second-order valence-corrected chi connectivity index (χ2v) is 4.11. The molecule has 0 aliphatic carbocycles. The topological polar surface area (TPSA) is 81.8 Å². The first kappa shape index (κ1) is 13.4. The summed E-state index contributed by atoms with van der Waals surface area (Å²) in [6.45, 7) is 1.41. The van der Waals surface area contributed by atoms with E-state index >= 15 is 0 Å². The molecular weight excluding hydrogens is 210 g/mol. The summed E-state index contributed by atoms with van der Waals surface area (Å²) in [6.07, 6.45) is 5.31. The molecule has 1 saturated heterocycles. The van der Waals surface area contributed by atoms with E-state index in [0.29, 0.717) is 13.0 Å². The summed E-state index contributed by atoms with van der Waals surface area (Å²) in [5.74, 6) is -0.934. The molecule has 0 amide bonds. The van der Waals surface area contributed by atoms with Crippen molar-refractivity contribution in [2.45, 2.75) is 50.9 Å². The summed E-state index contributed by atoms with van der Waals surface area (Å²) in [5, 5.41) is 8.57. The molecule has 94 valence electrons. The molecule has 1 fully saturated rings. The molecule has 0 aromatic heterocycles. The van der Waals surface area contributed by atoms with Gasteiger partial charge in [0.05, 0.1) is 0 Å². The fourth-order valence-electron chi connectivity index (χ4n) is 1.65. The molecule has 1 heterocycles. The second-order valence-electron chi connectivity index (χ2n) is 4.11. The zero-order valence-corrected chi connectivity index (χ0v) is 9.56. The molecule has 0 radical (unpaired) electrons. The van der Waals surface area contributed by atoms with Crippen LogP contribution in [0.1, 0.15) is 38.5 Å². The fourth-order valence-corrected chi connectivity index (χ4v) is 1.65. The van der Waals surface area contributed by atoms with Crippen LogP contribution in [0.2, 0.25) is 0 Å². The highest BCUT2D eigenvalue weighted by molar-refractivity contribution is 5.72. The molecule has 0 saturated carbocycles. The Balaban J connectivity index is 1.93. The van der Waals surface area contributed by atoms with Gasteiger partial charge in [0, 0.05) is 13.2 Å². The Bertz CT molecular complexity index is 204. The Morgan fingerprint density at radius 3 is 2.94 bits per heavy atom. The van der Waals surface area contributed by atoms with E-state index in [1.165, 1.54) is 0 Å². The van der Waals surface area contributed by atoms with Gasteiger partial charge in [0.1, 0.15) is 6.04 Å². The van der Waals surface area contributed by atoms with Crippen molar-refractivity contribution in [2.24, 2.45) is 5.73 Å². The van der Waals surface area contributed by atoms with Crippen molar-refractivity contribution in [2.75, 3.05) is 13.2 Å². The Hall–Kier alpha value is -0.650. The van der Waals surface area contributed by atoms with Gasteiger partial charge in [-0.2, -0.15) is 0 Å². The van der Waals surface area contributed by atoms with Gasteiger partial charge in [-0.3, -0.25) is 4.79 Å². The zero-order chi connectivity index (χ0) is 11.8. The van der Waals surface area contributed by atoms with Gasteiger partial charge in [-0.1, -0.05) is 0 Å². The van der Waals surface area contributed by atoms with Crippen LogP contribution >= 0.6 is 0 Å². The highest BCUT2D eigenvalue weighted by Crippen LogP contribution is 2.14. The summed E-state index contributed by atoms with van der Waals surface area (Å²) in [5.41, 5.74) is 5.38. The average molecular weight is 231 g/mol. The molecule has 1 rings (SSSR count). The van der Waals surface area contributed by atoms with Gasteiger partial charge >= 0.3 is 5.97 Å². The monoisotopic (exact) mass is 231 g/mol. The quantitative estimate of drug-likeness (QED) is 0.641. The number of hydrogen-bond acceptors (Lipinski definition) is 4. The SMILES string of the molecule is NC(CCCCOC1CCCCO1)C(=O)O. The molecule has 1 aliphatic rings. The van der Waals surface area contributed by atoms with Crippen molar-refractivity contribution >= 4 is 5.97 Å². The van der Waals surface area contributed by atoms with Gasteiger partial charge in [0.15, 0.2) is 6.29 Å². The molecule has 0 aromatic rings. The molecule has 1 aliphatic heterocycles. The Labute approximate surface area is 95.9 Å². The highest BCUT2D eigenvalue weighted by Gasteiger charge is 2.14. The number of rotatable bonds is 7. The van der Waals surface area contributed by atoms with Crippen LogP contribution in [0.5, 0.6) is 0 Å². The number of carboxylic acids is 1. The van der Waals surface area contributed by atoms with E-state index in [9.17, 15) is 4.79 Å². The van der Waals surface area contributed by atoms with Crippen LogP contribution in [0.4, 0.5) is 0 Å². The van der Waals surface area contributed by atoms with Crippen molar-refractivity contribution in [3.63, 3.8) is 0 Å². The number of ether oxygens (including phenoxy) is 2. The Morgan fingerprint density at radius 2 is 2.31 bits per heavy atom. The fraction of sp³-hybridized carbons (Fsp3) is 0.909. The van der Waals surface area contributed by atoms with E-state index in [1.54, 1.807) is 0 Å². The van der Waals surface area contributed by atoms with Gasteiger partial charge in [-0.25, -0.2) is 0 Å². The van der Waals surface area contributed by atoms with Gasteiger partial charge in [-0.15, -0.1) is 0 Å². The maximum atomic E-state index is 10.4.